The van der Waals surface area contributed by atoms with Crippen LogP contribution in [0, 0.1) is 5.92 Å². The molecule has 1 aromatic carbocycles. The van der Waals surface area contributed by atoms with Crippen molar-refractivity contribution in [1.29, 1.82) is 0 Å². The number of methoxy groups -OCH3 is 1. The maximum Gasteiger partial charge on any atom is 0.271 e. The fourth-order valence-corrected chi connectivity index (χ4v) is 3.12. The molecule has 0 bridgehead atoms. The summed E-state index contributed by atoms with van der Waals surface area (Å²) in [5, 5.41) is 10.0. The summed E-state index contributed by atoms with van der Waals surface area (Å²) in [6.07, 6.45) is 1.06. The average molecular weight is 342 g/mol. The smallest absolute Gasteiger partial charge is 0.271 e. The third-order valence-electron chi connectivity index (χ3n) is 4.71. The maximum absolute atomic E-state index is 12.2. The number of anilines is 1. The highest BCUT2D eigenvalue weighted by Crippen LogP contribution is 2.26. The van der Waals surface area contributed by atoms with Crippen LogP contribution in [0.3, 0.4) is 0 Å². The van der Waals surface area contributed by atoms with E-state index in [4.69, 9.17) is 4.74 Å². The molecule has 1 saturated heterocycles. The third-order valence-corrected chi connectivity index (χ3v) is 4.71. The van der Waals surface area contributed by atoms with Crippen molar-refractivity contribution in [1.82, 2.24) is 15.5 Å². The zero-order chi connectivity index (χ0) is 17.8. The number of ether oxygens (including phenoxy) is 1. The van der Waals surface area contributed by atoms with Gasteiger partial charge in [-0.15, -0.1) is 0 Å². The Morgan fingerprint density at radius 2 is 2.28 bits per heavy atom. The number of nitrogens with zero attached hydrogens (tertiary/aromatic N) is 2. The molecule has 1 fully saturated rings. The number of carbonyl (C=O) groups is 1. The molecule has 3 rings (SSSR count). The Morgan fingerprint density at radius 3 is 3.00 bits per heavy atom. The predicted octanol–water partition coefficient (Wildman–Crippen LogP) is 2.80. The minimum Gasteiger partial charge on any atom is -0.497 e. The van der Waals surface area contributed by atoms with Crippen LogP contribution in [0.4, 0.5) is 5.69 Å². The quantitative estimate of drug-likeness (QED) is 0.847. The highest BCUT2D eigenvalue weighted by Gasteiger charge is 2.24. The summed E-state index contributed by atoms with van der Waals surface area (Å²) < 4.78 is 5.29. The van der Waals surface area contributed by atoms with Gasteiger partial charge in [-0.25, -0.2) is 0 Å². The Balaban J connectivity index is 1.51. The summed E-state index contributed by atoms with van der Waals surface area (Å²) in [5.74, 6) is 1.54. The van der Waals surface area contributed by atoms with Gasteiger partial charge in [0, 0.05) is 37.1 Å². The summed E-state index contributed by atoms with van der Waals surface area (Å²) >= 11 is 0. The second kappa shape index (κ2) is 7.59. The van der Waals surface area contributed by atoms with E-state index in [0.29, 0.717) is 24.1 Å². The minimum atomic E-state index is -0.108. The number of amides is 1. The monoisotopic (exact) mass is 342 g/mol. The summed E-state index contributed by atoms with van der Waals surface area (Å²) in [6.45, 7) is 6.74. The highest BCUT2D eigenvalue weighted by molar-refractivity contribution is 5.92. The Labute approximate surface area is 148 Å². The number of H-pyrrole nitrogens is 1. The molecule has 0 saturated carbocycles. The highest BCUT2D eigenvalue weighted by atomic mass is 16.5. The van der Waals surface area contributed by atoms with Gasteiger partial charge in [0.25, 0.3) is 5.91 Å². The number of nitrogens with one attached hydrogen (secondary N) is 2. The number of carbonyl (C=O) groups excluding carboxylic acids is 1. The summed E-state index contributed by atoms with van der Waals surface area (Å²) in [4.78, 5) is 14.6. The van der Waals surface area contributed by atoms with Crippen LogP contribution in [-0.4, -0.2) is 42.8 Å². The number of aromatic nitrogens is 2. The third kappa shape index (κ3) is 4.13. The van der Waals surface area contributed by atoms with E-state index in [2.05, 4.69) is 46.4 Å². The molecule has 1 amide bonds. The van der Waals surface area contributed by atoms with Crippen molar-refractivity contribution in [3.05, 3.63) is 41.7 Å². The van der Waals surface area contributed by atoms with Crippen LogP contribution in [0.1, 0.15) is 42.4 Å². The first-order chi connectivity index (χ1) is 12.1. The Morgan fingerprint density at radius 1 is 1.44 bits per heavy atom. The molecule has 25 heavy (non-hydrogen) atoms. The molecule has 1 atom stereocenters. The predicted molar refractivity (Wildman–Crippen MR) is 98.3 cm³/mol. The first-order valence-corrected chi connectivity index (χ1v) is 8.79. The zero-order valence-corrected chi connectivity index (χ0v) is 15.1. The lowest BCUT2D eigenvalue weighted by Crippen LogP contribution is -2.31. The van der Waals surface area contributed by atoms with Gasteiger partial charge in [0.05, 0.1) is 7.11 Å². The molecule has 1 aliphatic rings. The lowest BCUT2D eigenvalue weighted by Gasteiger charge is -2.19. The lowest BCUT2D eigenvalue weighted by molar-refractivity contribution is 0.0943. The minimum absolute atomic E-state index is 0.108. The van der Waals surface area contributed by atoms with Gasteiger partial charge in [-0.1, -0.05) is 19.9 Å². The van der Waals surface area contributed by atoms with E-state index in [-0.39, 0.29) is 5.91 Å². The molecule has 2 heterocycles. The van der Waals surface area contributed by atoms with E-state index >= 15 is 0 Å². The molecule has 0 radical (unpaired) electrons. The van der Waals surface area contributed by atoms with Gasteiger partial charge in [0.1, 0.15) is 11.4 Å². The number of benzene rings is 1. The molecule has 0 unspecified atom stereocenters. The van der Waals surface area contributed by atoms with Gasteiger partial charge in [0.15, 0.2) is 0 Å². The van der Waals surface area contributed by atoms with Crippen LogP contribution in [0.5, 0.6) is 5.75 Å². The largest absolute Gasteiger partial charge is 0.497 e. The van der Waals surface area contributed by atoms with E-state index in [9.17, 15) is 4.79 Å². The van der Waals surface area contributed by atoms with Gasteiger partial charge in [-0.3, -0.25) is 9.89 Å². The second-order valence-corrected chi connectivity index (χ2v) is 6.88. The molecule has 2 N–H and O–H groups in total. The summed E-state index contributed by atoms with van der Waals surface area (Å²) in [7, 11) is 1.68. The van der Waals surface area contributed by atoms with E-state index < -0.39 is 0 Å². The van der Waals surface area contributed by atoms with Gasteiger partial charge >= 0.3 is 0 Å². The van der Waals surface area contributed by atoms with Crippen LogP contribution in [0.2, 0.25) is 0 Å². The molecule has 1 aromatic heterocycles. The standard InChI is InChI=1S/C19H26N4O2/c1-13(2)17-10-18(22-21-17)19(24)20-11-14-7-8-23(12-14)15-5-4-6-16(9-15)25-3/h4-6,9-10,13-14H,7-8,11-12H2,1-3H3,(H,20,24)(H,21,22)/t14-/m0/s1. The Hall–Kier alpha value is -2.50. The van der Waals surface area contributed by atoms with Crippen molar-refractivity contribution in [3.63, 3.8) is 0 Å². The zero-order valence-electron chi connectivity index (χ0n) is 15.1. The van der Waals surface area contributed by atoms with Crippen LogP contribution in [-0.2, 0) is 0 Å². The van der Waals surface area contributed by atoms with Crippen LogP contribution in [0.15, 0.2) is 30.3 Å². The van der Waals surface area contributed by atoms with Crippen LogP contribution < -0.4 is 15.0 Å². The summed E-state index contributed by atoms with van der Waals surface area (Å²) in [6, 6.07) is 9.94. The topological polar surface area (TPSA) is 70.2 Å². The number of rotatable bonds is 6. The second-order valence-electron chi connectivity index (χ2n) is 6.88. The van der Waals surface area contributed by atoms with E-state index in [1.165, 1.54) is 5.69 Å². The molecular weight excluding hydrogens is 316 g/mol. The van der Waals surface area contributed by atoms with Crippen molar-refractivity contribution in [3.8, 4) is 5.75 Å². The molecule has 6 nitrogen and oxygen atoms in total. The van der Waals surface area contributed by atoms with Crippen LogP contribution >= 0.6 is 0 Å². The fourth-order valence-electron chi connectivity index (χ4n) is 3.12. The van der Waals surface area contributed by atoms with E-state index in [1.54, 1.807) is 7.11 Å². The molecular formula is C19H26N4O2. The summed E-state index contributed by atoms with van der Waals surface area (Å²) in [5.41, 5.74) is 2.61. The molecule has 6 heteroatoms. The SMILES string of the molecule is COc1cccc(N2CC[C@@H](CNC(=O)c3cc(C(C)C)[nH]n3)C2)c1. The normalized spacial score (nSPS) is 17.1. The molecule has 134 valence electrons. The molecule has 1 aliphatic heterocycles. The van der Waals surface area contributed by atoms with E-state index in [1.807, 2.05) is 18.2 Å². The first kappa shape index (κ1) is 17.3. The number of hydrogen-bond acceptors (Lipinski definition) is 4. The fraction of sp³-hybridized carbons (Fsp3) is 0.474. The Kier molecular flexibility index (Phi) is 5.26. The van der Waals surface area contributed by atoms with Crippen molar-refractivity contribution in [2.24, 2.45) is 5.92 Å². The van der Waals surface area contributed by atoms with Crippen molar-refractivity contribution >= 4 is 11.6 Å². The molecule has 2 aromatic rings. The maximum atomic E-state index is 12.2. The van der Waals surface area contributed by atoms with Crippen molar-refractivity contribution in [2.75, 3.05) is 31.6 Å². The number of hydrogen-bond donors (Lipinski definition) is 2. The first-order valence-electron chi connectivity index (χ1n) is 8.79. The van der Waals surface area contributed by atoms with Crippen LogP contribution in [0.25, 0.3) is 0 Å². The van der Waals surface area contributed by atoms with E-state index in [0.717, 1.165) is 31.0 Å². The average Bonchev–Trinajstić information content (AvgIpc) is 3.29. The van der Waals surface area contributed by atoms with Gasteiger partial charge in [0.2, 0.25) is 0 Å². The Bertz CT molecular complexity index is 726. The van der Waals surface area contributed by atoms with Gasteiger partial charge in [-0.05, 0) is 36.5 Å². The molecule has 0 aliphatic carbocycles. The van der Waals surface area contributed by atoms with Crippen molar-refractivity contribution in [2.45, 2.75) is 26.2 Å². The van der Waals surface area contributed by atoms with Gasteiger partial charge in [-0.2, -0.15) is 5.10 Å². The number of aromatic amines is 1. The lowest BCUT2D eigenvalue weighted by atomic mass is 10.1. The van der Waals surface area contributed by atoms with Gasteiger partial charge < -0.3 is 15.0 Å². The van der Waals surface area contributed by atoms with Crippen molar-refractivity contribution < 1.29 is 9.53 Å². The molecule has 0 spiro atoms.